The number of hydrogen-bond donors (Lipinski definition) is 1. The molecule has 1 unspecified atom stereocenters. The van der Waals surface area contributed by atoms with E-state index in [0.29, 0.717) is 17.8 Å². The minimum absolute atomic E-state index is 0. The van der Waals surface area contributed by atoms with E-state index < -0.39 is 17.3 Å². The van der Waals surface area contributed by atoms with Crippen LogP contribution in [0.25, 0.3) is 0 Å². The number of carbonyl (C=O) groups is 3. The molecule has 0 saturated carbocycles. The number of ether oxygens (including phenoxy) is 1. The third kappa shape index (κ3) is 3.90. The molecule has 0 aromatic heterocycles. The maximum Gasteiger partial charge on any atom is 0.308 e. The summed E-state index contributed by atoms with van der Waals surface area (Å²) in [5.74, 6) is -0.680. The van der Waals surface area contributed by atoms with E-state index in [1.165, 1.54) is 12.0 Å². The van der Waals surface area contributed by atoms with Crippen LogP contribution in [0.2, 0.25) is 0 Å². The second kappa shape index (κ2) is 7.47. The molecule has 1 aliphatic heterocycles. The van der Waals surface area contributed by atoms with Crippen LogP contribution in [0.3, 0.4) is 0 Å². The van der Waals surface area contributed by atoms with Crippen LogP contribution in [-0.4, -0.2) is 42.2 Å². The van der Waals surface area contributed by atoms with Crippen molar-refractivity contribution in [3.63, 3.8) is 0 Å². The molecular weight excluding hydrogens is 331 g/mol. The third-order valence-electron chi connectivity index (χ3n) is 3.34. The monoisotopic (exact) mass is 346 g/mol. The molecule has 0 radical (unpaired) electrons. The van der Waals surface area contributed by atoms with E-state index in [-0.39, 0.29) is 24.7 Å². The number of benzene rings is 1. The number of rotatable bonds is 3. The zero-order valence-corrected chi connectivity index (χ0v) is 13.7. The minimum Gasteiger partial charge on any atom is -0.469 e. The minimum atomic E-state index is -0.693. The standard InChI is InChI=1S/C14H15ClN2O4.ClH/c1-17-7-9-5-8(13(15)19)3-4-10(9)16-11(14(17)20)6-12(18)21-2;/h3-5,11,16H,6-7H2,1-2H3;1H. The highest BCUT2D eigenvalue weighted by atomic mass is 35.5. The lowest BCUT2D eigenvalue weighted by Gasteiger charge is -2.19. The fraction of sp³-hybridized carbons (Fsp3) is 0.357. The molecule has 0 aliphatic carbocycles. The molecule has 1 aromatic carbocycles. The summed E-state index contributed by atoms with van der Waals surface area (Å²) in [4.78, 5) is 36.4. The lowest BCUT2D eigenvalue weighted by Crippen LogP contribution is -2.39. The molecule has 120 valence electrons. The maximum absolute atomic E-state index is 12.2. The van der Waals surface area contributed by atoms with Gasteiger partial charge in [-0.2, -0.15) is 0 Å². The number of likely N-dealkylation sites (N-methyl/N-ethyl adjacent to an activating group) is 1. The summed E-state index contributed by atoms with van der Waals surface area (Å²) in [6.07, 6.45) is -0.0602. The summed E-state index contributed by atoms with van der Waals surface area (Å²) >= 11 is 5.47. The molecule has 1 aromatic rings. The smallest absolute Gasteiger partial charge is 0.308 e. The van der Waals surface area contributed by atoms with E-state index >= 15 is 0 Å². The fourth-order valence-corrected chi connectivity index (χ4v) is 2.34. The van der Waals surface area contributed by atoms with Crippen LogP contribution in [-0.2, 0) is 20.9 Å². The van der Waals surface area contributed by atoms with Crippen LogP contribution >= 0.6 is 24.0 Å². The molecule has 0 spiro atoms. The highest BCUT2D eigenvalue weighted by Crippen LogP contribution is 2.25. The van der Waals surface area contributed by atoms with E-state index in [9.17, 15) is 14.4 Å². The van der Waals surface area contributed by atoms with Crippen molar-refractivity contribution in [1.29, 1.82) is 0 Å². The maximum atomic E-state index is 12.2. The first-order chi connectivity index (χ1) is 9.92. The van der Waals surface area contributed by atoms with Gasteiger partial charge in [-0.1, -0.05) is 0 Å². The first-order valence-electron chi connectivity index (χ1n) is 6.33. The molecule has 2 rings (SSSR count). The van der Waals surface area contributed by atoms with Gasteiger partial charge in [0.2, 0.25) is 5.91 Å². The Bertz CT molecular complexity index is 607. The second-order valence-corrected chi connectivity index (χ2v) is 5.16. The Hall–Kier alpha value is -1.79. The second-order valence-electron chi connectivity index (χ2n) is 4.82. The predicted octanol–water partition coefficient (Wildman–Crippen LogP) is 1.80. The summed E-state index contributed by atoms with van der Waals surface area (Å²) in [5, 5.41) is 2.47. The number of nitrogens with zero attached hydrogens (tertiary/aromatic N) is 1. The molecule has 1 aliphatic rings. The molecule has 0 fully saturated rings. The van der Waals surface area contributed by atoms with Crippen LogP contribution in [0.5, 0.6) is 0 Å². The van der Waals surface area contributed by atoms with Gasteiger partial charge in [-0.25, -0.2) is 0 Å². The first-order valence-corrected chi connectivity index (χ1v) is 6.71. The van der Waals surface area contributed by atoms with E-state index in [4.69, 9.17) is 11.6 Å². The van der Waals surface area contributed by atoms with Gasteiger partial charge >= 0.3 is 5.97 Å². The fourth-order valence-electron chi connectivity index (χ4n) is 2.22. The molecule has 22 heavy (non-hydrogen) atoms. The number of esters is 1. The van der Waals surface area contributed by atoms with Crippen molar-refractivity contribution < 1.29 is 19.1 Å². The highest BCUT2D eigenvalue weighted by Gasteiger charge is 2.29. The summed E-state index contributed by atoms with van der Waals surface area (Å²) in [7, 11) is 2.91. The Morgan fingerprint density at radius 1 is 1.45 bits per heavy atom. The quantitative estimate of drug-likeness (QED) is 0.667. The zero-order valence-electron chi connectivity index (χ0n) is 12.1. The van der Waals surface area contributed by atoms with Gasteiger partial charge in [-0.15, -0.1) is 12.4 Å². The molecule has 8 heteroatoms. The number of carbonyl (C=O) groups excluding carboxylic acids is 3. The molecule has 0 bridgehead atoms. The Morgan fingerprint density at radius 2 is 2.14 bits per heavy atom. The predicted molar refractivity (Wildman–Crippen MR) is 84.4 cm³/mol. The average Bonchev–Trinajstić information content (AvgIpc) is 2.56. The normalized spacial score (nSPS) is 16.8. The van der Waals surface area contributed by atoms with Gasteiger partial charge in [-0.05, 0) is 35.4 Å². The molecular formula is C14H16Cl2N2O4. The molecule has 1 atom stereocenters. The first kappa shape index (κ1) is 18.3. The molecule has 1 heterocycles. The van der Waals surface area contributed by atoms with Crippen molar-refractivity contribution in [2.75, 3.05) is 19.5 Å². The van der Waals surface area contributed by atoms with Gasteiger partial charge in [0.05, 0.1) is 13.5 Å². The number of fused-ring (bicyclic) bond motifs is 1. The van der Waals surface area contributed by atoms with Crippen molar-refractivity contribution in [3.8, 4) is 0 Å². The number of methoxy groups -OCH3 is 1. The van der Waals surface area contributed by atoms with Crippen LogP contribution < -0.4 is 5.32 Å². The molecule has 6 nitrogen and oxygen atoms in total. The Labute approximate surface area is 139 Å². The number of anilines is 1. The van der Waals surface area contributed by atoms with Crippen LogP contribution in [0.4, 0.5) is 5.69 Å². The van der Waals surface area contributed by atoms with Crippen molar-refractivity contribution >= 4 is 46.8 Å². The summed E-state index contributed by atoms with van der Waals surface area (Å²) in [6.45, 7) is 0.330. The van der Waals surface area contributed by atoms with E-state index in [1.54, 1.807) is 25.2 Å². The van der Waals surface area contributed by atoms with Crippen LogP contribution in [0, 0.1) is 0 Å². The SMILES string of the molecule is COC(=O)CC1Nc2ccc(C(=O)Cl)cc2CN(C)C1=O.Cl. The Kier molecular flexibility index (Phi) is 6.20. The summed E-state index contributed by atoms with van der Waals surface area (Å²) in [6, 6.07) is 4.21. The number of halogens is 2. The number of amides is 1. The number of hydrogen-bond acceptors (Lipinski definition) is 5. The van der Waals surface area contributed by atoms with E-state index in [0.717, 1.165) is 5.56 Å². The Balaban J connectivity index is 0.00000242. The largest absolute Gasteiger partial charge is 0.469 e. The van der Waals surface area contributed by atoms with Crippen molar-refractivity contribution in [3.05, 3.63) is 29.3 Å². The van der Waals surface area contributed by atoms with Gasteiger partial charge in [0.25, 0.3) is 5.24 Å². The molecule has 1 N–H and O–H groups in total. The Morgan fingerprint density at radius 3 is 2.73 bits per heavy atom. The van der Waals surface area contributed by atoms with Crippen molar-refractivity contribution in [2.45, 2.75) is 19.0 Å². The van der Waals surface area contributed by atoms with Crippen molar-refractivity contribution in [2.24, 2.45) is 0 Å². The highest BCUT2D eigenvalue weighted by molar-refractivity contribution is 6.67. The van der Waals surface area contributed by atoms with Crippen LogP contribution in [0.1, 0.15) is 22.3 Å². The average molecular weight is 347 g/mol. The number of nitrogens with one attached hydrogen (secondary N) is 1. The molecule has 1 amide bonds. The van der Waals surface area contributed by atoms with Gasteiger partial charge in [0, 0.05) is 24.8 Å². The van der Waals surface area contributed by atoms with Crippen molar-refractivity contribution in [1.82, 2.24) is 4.90 Å². The third-order valence-corrected chi connectivity index (χ3v) is 3.56. The summed E-state index contributed by atoms with van der Waals surface area (Å²) < 4.78 is 4.60. The van der Waals surface area contributed by atoms with Gasteiger partial charge in [0.1, 0.15) is 6.04 Å². The van der Waals surface area contributed by atoms with Gasteiger partial charge < -0.3 is 15.0 Å². The topological polar surface area (TPSA) is 75.7 Å². The lowest BCUT2D eigenvalue weighted by molar-refractivity contribution is -0.143. The van der Waals surface area contributed by atoms with E-state index in [1.807, 2.05) is 0 Å². The summed E-state index contributed by atoms with van der Waals surface area (Å²) in [5.41, 5.74) is 1.83. The molecule has 0 saturated heterocycles. The van der Waals surface area contributed by atoms with Crippen LogP contribution in [0.15, 0.2) is 18.2 Å². The lowest BCUT2D eigenvalue weighted by atomic mass is 10.1. The van der Waals surface area contributed by atoms with Gasteiger partial charge in [0.15, 0.2) is 0 Å². The zero-order chi connectivity index (χ0) is 15.6. The van der Waals surface area contributed by atoms with E-state index in [2.05, 4.69) is 10.1 Å². The van der Waals surface area contributed by atoms with Gasteiger partial charge in [-0.3, -0.25) is 14.4 Å².